The summed E-state index contributed by atoms with van der Waals surface area (Å²) in [6, 6.07) is 10.9. The predicted molar refractivity (Wildman–Crippen MR) is 102 cm³/mol. The summed E-state index contributed by atoms with van der Waals surface area (Å²) in [5, 5.41) is 0.173. The lowest BCUT2D eigenvalue weighted by molar-refractivity contribution is -0.137. The minimum absolute atomic E-state index is 0.173. The summed E-state index contributed by atoms with van der Waals surface area (Å²) in [7, 11) is 1.56. The molecule has 0 saturated carbocycles. The fourth-order valence-electron chi connectivity index (χ4n) is 2.80. The molecule has 134 valence electrons. The maximum absolute atomic E-state index is 13.1. The molecule has 5 nitrogen and oxygen atoms in total. The van der Waals surface area contributed by atoms with Crippen LogP contribution in [0.25, 0.3) is 5.57 Å². The fraction of sp³-hybridized carbons (Fsp3) is 0.250. The molecule has 3 rings (SSSR count). The Morgan fingerprint density at radius 1 is 1.08 bits per heavy atom. The van der Waals surface area contributed by atoms with Crippen molar-refractivity contribution in [1.82, 2.24) is 9.88 Å². The Morgan fingerprint density at radius 2 is 1.77 bits per heavy atom. The molecular formula is C20H20N2O3S. The first-order chi connectivity index (χ1) is 12.5. The number of para-hydroxylation sites is 1. The van der Waals surface area contributed by atoms with Crippen LogP contribution in [-0.2, 0) is 16.1 Å². The van der Waals surface area contributed by atoms with E-state index in [9.17, 15) is 9.59 Å². The number of carbonyl (C=O) groups excluding carboxylic acids is 2. The summed E-state index contributed by atoms with van der Waals surface area (Å²) in [5.41, 5.74) is 1.92. The first-order valence-electron chi connectivity index (χ1n) is 8.32. The lowest BCUT2D eigenvalue weighted by Crippen LogP contribution is -2.31. The maximum atomic E-state index is 13.1. The molecule has 0 spiro atoms. The van der Waals surface area contributed by atoms with Gasteiger partial charge in [0.2, 0.25) is 0 Å². The van der Waals surface area contributed by atoms with Crippen molar-refractivity contribution in [3.05, 3.63) is 64.8 Å². The first-order valence-corrected chi connectivity index (χ1v) is 9.20. The van der Waals surface area contributed by atoms with Crippen LogP contribution in [-0.4, -0.2) is 34.1 Å². The second-order valence-corrected chi connectivity index (χ2v) is 7.71. The van der Waals surface area contributed by atoms with Crippen molar-refractivity contribution in [2.24, 2.45) is 0 Å². The van der Waals surface area contributed by atoms with Crippen LogP contribution in [0.15, 0.2) is 53.7 Å². The standard InChI is InChI=1S/C20H20N2O3S/c1-13(2)26-18-17(15-6-4-5-7-16(15)25-3)19(23)22(20(18)24)12-14-8-10-21-11-9-14/h4-11,13H,12H2,1-3H3. The van der Waals surface area contributed by atoms with Crippen molar-refractivity contribution in [2.45, 2.75) is 25.6 Å². The molecule has 2 aromatic rings. The zero-order valence-corrected chi connectivity index (χ0v) is 15.7. The van der Waals surface area contributed by atoms with Gasteiger partial charge in [-0.25, -0.2) is 0 Å². The van der Waals surface area contributed by atoms with Gasteiger partial charge in [0, 0.05) is 23.2 Å². The number of pyridine rings is 1. The zero-order chi connectivity index (χ0) is 18.7. The van der Waals surface area contributed by atoms with E-state index in [2.05, 4.69) is 4.98 Å². The Hall–Kier alpha value is -2.60. The molecule has 1 aliphatic rings. The molecule has 26 heavy (non-hydrogen) atoms. The second-order valence-electron chi connectivity index (χ2n) is 6.12. The third kappa shape index (κ3) is 3.51. The molecule has 0 fully saturated rings. The summed E-state index contributed by atoms with van der Waals surface area (Å²) in [6.45, 7) is 4.22. The van der Waals surface area contributed by atoms with Gasteiger partial charge >= 0.3 is 0 Å². The van der Waals surface area contributed by atoms with E-state index < -0.39 is 0 Å². The van der Waals surface area contributed by atoms with Crippen LogP contribution in [0.4, 0.5) is 0 Å². The highest BCUT2D eigenvalue weighted by atomic mass is 32.2. The Kier molecular flexibility index (Phi) is 5.42. The molecule has 1 aromatic carbocycles. The highest BCUT2D eigenvalue weighted by Gasteiger charge is 2.40. The number of ether oxygens (including phenoxy) is 1. The molecule has 2 heterocycles. The van der Waals surface area contributed by atoms with Gasteiger partial charge in [0.15, 0.2) is 0 Å². The third-order valence-electron chi connectivity index (χ3n) is 3.95. The molecule has 6 heteroatoms. The third-order valence-corrected chi connectivity index (χ3v) is 5.03. The number of rotatable bonds is 6. The Balaban J connectivity index is 2.04. The molecule has 1 aromatic heterocycles. The molecule has 2 amide bonds. The molecule has 0 bridgehead atoms. The second kappa shape index (κ2) is 7.74. The quantitative estimate of drug-likeness (QED) is 0.730. The van der Waals surface area contributed by atoms with Gasteiger partial charge in [0.05, 0.1) is 24.1 Å². The Morgan fingerprint density at radius 3 is 2.42 bits per heavy atom. The van der Waals surface area contributed by atoms with Crippen LogP contribution in [0.5, 0.6) is 5.75 Å². The number of carbonyl (C=O) groups is 2. The summed E-state index contributed by atoms with van der Waals surface area (Å²) >= 11 is 1.41. The summed E-state index contributed by atoms with van der Waals surface area (Å²) < 4.78 is 5.41. The fourth-order valence-corrected chi connectivity index (χ4v) is 3.80. The predicted octanol–water partition coefficient (Wildman–Crippen LogP) is 3.51. The number of thioether (sulfide) groups is 1. The SMILES string of the molecule is COc1ccccc1C1=C(SC(C)C)C(=O)N(Cc2ccncc2)C1=O. The molecule has 0 radical (unpaired) electrons. The topological polar surface area (TPSA) is 59.5 Å². The number of hydrogen-bond acceptors (Lipinski definition) is 5. The van der Waals surface area contributed by atoms with Crippen molar-refractivity contribution in [3.63, 3.8) is 0 Å². The smallest absolute Gasteiger partial charge is 0.268 e. The average molecular weight is 368 g/mol. The van der Waals surface area contributed by atoms with Gasteiger partial charge < -0.3 is 4.74 Å². The van der Waals surface area contributed by atoms with Crippen molar-refractivity contribution < 1.29 is 14.3 Å². The van der Waals surface area contributed by atoms with Crippen molar-refractivity contribution >= 4 is 29.1 Å². The van der Waals surface area contributed by atoms with Crippen LogP contribution in [0, 0.1) is 0 Å². The number of nitrogens with zero attached hydrogens (tertiary/aromatic N) is 2. The van der Waals surface area contributed by atoms with Gasteiger partial charge in [0.25, 0.3) is 11.8 Å². The van der Waals surface area contributed by atoms with E-state index in [0.717, 1.165) is 5.56 Å². The van der Waals surface area contributed by atoms with Crippen molar-refractivity contribution in [1.29, 1.82) is 0 Å². The summed E-state index contributed by atoms with van der Waals surface area (Å²) in [4.78, 5) is 31.9. The van der Waals surface area contributed by atoms with E-state index in [1.165, 1.54) is 16.7 Å². The van der Waals surface area contributed by atoms with Crippen LogP contribution in [0.1, 0.15) is 25.0 Å². The number of imide groups is 1. The zero-order valence-electron chi connectivity index (χ0n) is 14.9. The van der Waals surface area contributed by atoms with E-state index in [4.69, 9.17) is 4.74 Å². The largest absolute Gasteiger partial charge is 0.496 e. The normalized spacial score (nSPS) is 14.5. The van der Waals surface area contributed by atoms with Crippen LogP contribution >= 0.6 is 11.8 Å². The van der Waals surface area contributed by atoms with E-state index in [0.29, 0.717) is 21.8 Å². The van der Waals surface area contributed by atoms with Gasteiger partial charge in [0.1, 0.15) is 5.75 Å². The van der Waals surface area contributed by atoms with Crippen LogP contribution in [0.3, 0.4) is 0 Å². The van der Waals surface area contributed by atoms with Crippen LogP contribution in [0.2, 0.25) is 0 Å². The minimum Gasteiger partial charge on any atom is -0.496 e. The number of hydrogen-bond donors (Lipinski definition) is 0. The number of benzene rings is 1. The Bertz CT molecular complexity index is 862. The van der Waals surface area contributed by atoms with Crippen molar-refractivity contribution in [3.8, 4) is 5.75 Å². The molecular weight excluding hydrogens is 348 g/mol. The van der Waals surface area contributed by atoms with E-state index in [1.54, 1.807) is 37.7 Å². The molecule has 0 saturated heterocycles. The van der Waals surface area contributed by atoms with Gasteiger partial charge in [-0.05, 0) is 23.8 Å². The monoisotopic (exact) mass is 368 g/mol. The number of methoxy groups -OCH3 is 1. The molecule has 0 N–H and O–H groups in total. The van der Waals surface area contributed by atoms with Gasteiger partial charge in [-0.2, -0.15) is 0 Å². The molecule has 0 atom stereocenters. The van der Waals surface area contributed by atoms with Crippen LogP contribution < -0.4 is 4.74 Å². The highest BCUT2D eigenvalue weighted by Crippen LogP contribution is 2.41. The number of aromatic nitrogens is 1. The molecule has 1 aliphatic heterocycles. The molecule has 0 aliphatic carbocycles. The first kappa shape index (κ1) is 18.2. The lowest BCUT2D eigenvalue weighted by Gasteiger charge is -2.15. The lowest BCUT2D eigenvalue weighted by atomic mass is 10.0. The van der Waals surface area contributed by atoms with E-state index >= 15 is 0 Å². The summed E-state index contributed by atoms with van der Waals surface area (Å²) in [6.07, 6.45) is 3.30. The molecule has 0 unspecified atom stereocenters. The van der Waals surface area contributed by atoms with Gasteiger partial charge in [-0.3, -0.25) is 19.5 Å². The van der Waals surface area contributed by atoms with Crippen molar-refractivity contribution in [2.75, 3.05) is 7.11 Å². The maximum Gasteiger partial charge on any atom is 0.268 e. The Labute approximate surface area is 157 Å². The summed E-state index contributed by atoms with van der Waals surface area (Å²) in [5.74, 6) is 0.0298. The van der Waals surface area contributed by atoms with Gasteiger partial charge in [-0.1, -0.05) is 32.0 Å². The van der Waals surface area contributed by atoms with Gasteiger partial charge in [-0.15, -0.1) is 11.8 Å². The highest BCUT2D eigenvalue weighted by molar-refractivity contribution is 8.04. The van der Waals surface area contributed by atoms with E-state index in [-0.39, 0.29) is 23.6 Å². The average Bonchev–Trinajstić information content (AvgIpc) is 2.86. The number of amides is 2. The van der Waals surface area contributed by atoms with E-state index in [1.807, 2.05) is 32.0 Å². The minimum atomic E-state index is -0.292.